The molecule has 1 fully saturated rings. The van der Waals surface area contributed by atoms with Crippen LogP contribution in [0.3, 0.4) is 0 Å². The van der Waals surface area contributed by atoms with Crippen LogP contribution < -0.4 is 16.0 Å². The van der Waals surface area contributed by atoms with Gasteiger partial charge in [0.25, 0.3) is 0 Å². The fourth-order valence-corrected chi connectivity index (χ4v) is 3.73. The Kier molecular flexibility index (Phi) is 8.24. The van der Waals surface area contributed by atoms with Crippen LogP contribution in [0.1, 0.15) is 61.1 Å². The molecule has 0 aromatic heterocycles. The molecule has 1 saturated heterocycles. The van der Waals surface area contributed by atoms with Crippen molar-refractivity contribution in [2.75, 3.05) is 11.9 Å². The summed E-state index contributed by atoms with van der Waals surface area (Å²) >= 11 is 0. The summed E-state index contributed by atoms with van der Waals surface area (Å²) in [5.41, 5.74) is 1.49. The Balaban J connectivity index is 1.57. The number of anilines is 1. The molecule has 2 aromatic rings. The van der Waals surface area contributed by atoms with Gasteiger partial charge in [-0.05, 0) is 58.2 Å². The molecule has 9 nitrogen and oxygen atoms in total. The average Bonchev–Trinajstić information content (AvgIpc) is 3.29. The maximum atomic E-state index is 12.7. The third-order valence-electron chi connectivity index (χ3n) is 5.33. The second kappa shape index (κ2) is 11.1. The van der Waals surface area contributed by atoms with E-state index in [2.05, 4.69) is 16.0 Å². The highest BCUT2D eigenvalue weighted by molar-refractivity contribution is 6.06. The SMILES string of the molecule is Cc1ccc(NC(=O)OC(=O)C2CCC(c3ccccc3)N2)c(C(=O)CNC(=O)OC(C)(C)C)c1. The van der Waals surface area contributed by atoms with Gasteiger partial charge in [0.1, 0.15) is 11.6 Å². The van der Waals surface area contributed by atoms with Crippen LogP contribution >= 0.6 is 0 Å². The Labute approximate surface area is 204 Å². The molecule has 0 saturated carbocycles. The fourth-order valence-electron chi connectivity index (χ4n) is 3.73. The molecule has 2 atom stereocenters. The van der Waals surface area contributed by atoms with Crippen molar-refractivity contribution >= 4 is 29.6 Å². The molecule has 0 radical (unpaired) electrons. The van der Waals surface area contributed by atoms with Gasteiger partial charge < -0.3 is 14.8 Å². The van der Waals surface area contributed by atoms with E-state index in [1.807, 2.05) is 30.3 Å². The van der Waals surface area contributed by atoms with Gasteiger partial charge in [-0.3, -0.25) is 15.4 Å². The third kappa shape index (κ3) is 7.65. The number of carbonyl (C=O) groups is 4. The number of carbonyl (C=O) groups excluding carboxylic acids is 4. The molecule has 1 heterocycles. The van der Waals surface area contributed by atoms with Gasteiger partial charge in [0.2, 0.25) is 0 Å². The molecule has 1 aliphatic heterocycles. The number of alkyl carbamates (subject to hydrolysis) is 1. The zero-order valence-corrected chi connectivity index (χ0v) is 20.3. The highest BCUT2D eigenvalue weighted by Gasteiger charge is 2.32. The lowest BCUT2D eigenvalue weighted by atomic mass is 10.1. The van der Waals surface area contributed by atoms with E-state index in [4.69, 9.17) is 9.47 Å². The van der Waals surface area contributed by atoms with E-state index >= 15 is 0 Å². The molecule has 186 valence electrons. The zero-order valence-electron chi connectivity index (χ0n) is 20.3. The predicted octanol–water partition coefficient (Wildman–Crippen LogP) is 4.27. The Bertz CT molecular complexity index is 1090. The largest absolute Gasteiger partial charge is 0.444 e. The van der Waals surface area contributed by atoms with Crippen molar-refractivity contribution in [3.8, 4) is 0 Å². The van der Waals surface area contributed by atoms with E-state index < -0.39 is 35.6 Å². The van der Waals surface area contributed by atoms with E-state index in [9.17, 15) is 19.2 Å². The van der Waals surface area contributed by atoms with Crippen molar-refractivity contribution in [1.82, 2.24) is 10.6 Å². The molecule has 2 aromatic carbocycles. The van der Waals surface area contributed by atoms with Crippen molar-refractivity contribution in [3.63, 3.8) is 0 Å². The summed E-state index contributed by atoms with van der Waals surface area (Å²) in [7, 11) is 0. The Morgan fingerprint density at radius 1 is 1.00 bits per heavy atom. The van der Waals surface area contributed by atoms with Crippen LogP contribution in [0.5, 0.6) is 0 Å². The van der Waals surface area contributed by atoms with Crippen LogP contribution in [-0.2, 0) is 14.3 Å². The molecule has 0 spiro atoms. The number of hydrogen-bond donors (Lipinski definition) is 3. The second-order valence-corrected chi connectivity index (χ2v) is 9.42. The van der Waals surface area contributed by atoms with Gasteiger partial charge in [-0.1, -0.05) is 42.0 Å². The minimum atomic E-state index is -0.988. The van der Waals surface area contributed by atoms with Crippen molar-refractivity contribution in [3.05, 3.63) is 65.2 Å². The molecule has 2 amide bonds. The van der Waals surface area contributed by atoms with Crippen LogP contribution in [0, 0.1) is 6.92 Å². The summed E-state index contributed by atoms with van der Waals surface area (Å²) in [6, 6.07) is 14.0. The van der Waals surface area contributed by atoms with Gasteiger partial charge in [-0.2, -0.15) is 0 Å². The van der Waals surface area contributed by atoms with E-state index in [-0.39, 0.29) is 23.8 Å². The highest BCUT2D eigenvalue weighted by Crippen LogP contribution is 2.27. The first-order valence-electron chi connectivity index (χ1n) is 11.5. The minimum Gasteiger partial charge on any atom is -0.444 e. The number of rotatable bonds is 6. The highest BCUT2D eigenvalue weighted by atomic mass is 16.6. The van der Waals surface area contributed by atoms with Gasteiger partial charge in [-0.15, -0.1) is 0 Å². The number of nitrogens with one attached hydrogen (secondary N) is 3. The van der Waals surface area contributed by atoms with E-state index in [1.165, 1.54) is 0 Å². The quantitative estimate of drug-likeness (QED) is 0.320. The molecular formula is C26H31N3O6. The maximum Gasteiger partial charge on any atom is 0.419 e. The first-order chi connectivity index (χ1) is 16.5. The van der Waals surface area contributed by atoms with E-state index in [0.29, 0.717) is 6.42 Å². The van der Waals surface area contributed by atoms with Gasteiger partial charge in [0.15, 0.2) is 5.78 Å². The Morgan fingerprint density at radius 3 is 2.40 bits per heavy atom. The smallest absolute Gasteiger partial charge is 0.419 e. The van der Waals surface area contributed by atoms with Crippen molar-refractivity contribution in [2.45, 2.75) is 58.2 Å². The monoisotopic (exact) mass is 481 g/mol. The van der Waals surface area contributed by atoms with Crippen LogP contribution in [0.2, 0.25) is 0 Å². The molecule has 35 heavy (non-hydrogen) atoms. The summed E-state index contributed by atoms with van der Waals surface area (Å²) in [5, 5.41) is 8.07. The number of Topliss-reactive ketones (excluding diaryl/α,β-unsaturated/α-hetero) is 1. The summed E-state index contributed by atoms with van der Waals surface area (Å²) in [6.07, 6.45) is -0.433. The molecule has 3 N–H and O–H groups in total. The van der Waals surface area contributed by atoms with Crippen LogP contribution in [0.15, 0.2) is 48.5 Å². The molecule has 0 aliphatic carbocycles. The number of esters is 1. The van der Waals surface area contributed by atoms with Crippen LogP contribution in [0.4, 0.5) is 15.3 Å². The lowest BCUT2D eigenvalue weighted by molar-refractivity contribution is -0.138. The Hall–Kier alpha value is -3.72. The normalized spacial score (nSPS) is 17.4. The molecular weight excluding hydrogens is 450 g/mol. The summed E-state index contributed by atoms with van der Waals surface area (Å²) < 4.78 is 10.1. The minimum absolute atomic E-state index is 0.00982. The lowest BCUT2D eigenvalue weighted by Gasteiger charge is -2.19. The van der Waals surface area contributed by atoms with Gasteiger partial charge in [0, 0.05) is 11.6 Å². The van der Waals surface area contributed by atoms with Crippen LogP contribution in [-0.4, -0.2) is 42.1 Å². The van der Waals surface area contributed by atoms with Crippen molar-refractivity contribution in [1.29, 1.82) is 0 Å². The topological polar surface area (TPSA) is 123 Å². The summed E-state index contributed by atoms with van der Waals surface area (Å²) in [5.74, 6) is -1.13. The molecule has 2 unspecified atom stereocenters. The molecule has 0 bridgehead atoms. The predicted molar refractivity (Wildman–Crippen MR) is 130 cm³/mol. The number of aryl methyl sites for hydroxylation is 1. The van der Waals surface area contributed by atoms with Gasteiger partial charge in [-0.25, -0.2) is 14.4 Å². The number of benzene rings is 2. The first-order valence-corrected chi connectivity index (χ1v) is 11.5. The van der Waals surface area contributed by atoms with E-state index in [1.54, 1.807) is 45.9 Å². The zero-order chi connectivity index (χ0) is 25.6. The number of ketones is 1. The van der Waals surface area contributed by atoms with Gasteiger partial charge >= 0.3 is 18.2 Å². The molecule has 9 heteroatoms. The first kappa shape index (κ1) is 25.9. The summed E-state index contributed by atoms with van der Waals surface area (Å²) in [6.45, 7) is 6.61. The van der Waals surface area contributed by atoms with Gasteiger partial charge in [0.05, 0.1) is 12.2 Å². The summed E-state index contributed by atoms with van der Waals surface area (Å²) in [4.78, 5) is 49.5. The molecule has 1 aliphatic rings. The lowest BCUT2D eigenvalue weighted by Crippen LogP contribution is -2.36. The maximum absolute atomic E-state index is 12.7. The molecule has 3 rings (SSSR count). The number of ether oxygens (including phenoxy) is 2. The standard InChI is InChI=1S/C26H31N3O6/c1-16-10-11-20(18(14-16)22(30)15-27-24(32)35-26(2,3)4)29-25(33)34-23(31)21-13-12-19(28-21)17-8-6-5-7-9-17/h5-11,14,19,21,28H,12-13,15H2,1-4H3,(H,27,32)(H,29,33). The number of hydrogen-bond acceptors (Lipinski definition) is 7. The van der Waals surface area contributed by atoms with Crippen molar-refractivity contribution < 1.29 is 28.7 Å². The number of amides is 2. The van der Waals surface area contributed by atoms with Crippen molar-refractivity contribution in [2.24, 2.45) is 0 Å². The third-order valence-corrected chi connectivity index (χ3v) is 5.33. The average molecular weight is 482 g/mol. The van der Waals surface area contributed by atoms with Crippen LogP contribution in [0.25, 0.3) is 0 Å². The van der Waals surface area contributed by atoms with E-state index in [0.717, 1.165) is 17.5 Å². The fraction of sp³-hybridized carbons (Fsp3) is 0.385. The second-order valence-electron chi connectivity index (χ2n) is 9.42. The Morgan fingerprint density at radius 2 is 1.71 bits per heavy atom.